The van der Waals surface area contributed by atoms with Crippen molar-refractivity contribution in [1.82, 2.24) is 5.01 Å². The number of anilines is 1. The molecule has 0 radical (unpaired) electrons. The third kappa shape index (κ3) is 4.95. The highest BCUT2D eigenvalue weighted by Gasteiger charge is 2.31. The van der Waals surface area contributed by atoms with E-state index in [-0.39, 0.29) is 17.7 Å². The van der Waals surface area contributed by atoms with Crippen LogP contribution in [0.2, 0.25) is 0 Å². The van der Waals surface area contributed by atoms with Crippen molar-refractivity contribution in [3.8, 4) is 5.75 Å². The van der Waals surface area contributed by atoms with Crippen molar-refractivity contribution >= 4 is 27.3 Å². The maximum absolute atomic E-state index is 12.2. The summed E-state index contributed by atoms with van der Waals surface area (Å²) in [5.74, 6) is 0.631. The molecular weight excluding hydrogens is 390 g/mol. The minimum Gasteiger partial charge on any atom is -0.494 e. The number of nitrogens with one attached hydrogen (secondary N) is 1. The lowest BCUT2D eigenvalue weighted by Crippen LogP contribution is -2.24. The zero-order valence-corrected chi connectivity index (χ0v) is 17.6. The number of hydrazone groups is 1. The van der Waals surface area contributed by atoms with Crippen molar-refractivity contribution in [2.24, 2.45) is 5.10 Å². The molecule has 0 aromatic heterocycles. The lowest BCUT2D eigenvalue weighted by molar-refractivity contribution is -0.130. The van der Waals surface area contributed by atoms with E-state index in [0.717, 1.165) is 22.6 Å². The minimum atomic E-state index is -3.32. The van der Waals surface area contributed by atoms with Gasteiger partial charge in [-0.2, -0.15) is 5.10 Å². The van der Waals surface area contributed by atoms with Gasteiger partial charge in [-0.15, -0.1) is 0 Å². The van der Waals surface area contributed by atoms with Crippen LogP contribution in [0.1, 0.15) is 44.4 Å². The van der Waals surface area contributed by atoms with Gasteiger partial charge in [-0.25, -0.2) is 13.4 Å². The number of ether oxygens (including phenoxy) is 1. The van der Waals surface area contributed by atoms with Gasteiger partial charge in [-0.05, 0) is 49.2 Å². The molecule has 1 heterocycles. The van der Waals surface area contributed by atoms with E-state index in [1.54, 1.807) is 19.1 Å². The van der Waals surface area contributed by atoms with E-state index >= 15 is 0 Å². The summed E-state index contributed by atoms with van der Waals surface area (Å²) in [5, 5.41) is 6.03. The molecule has 29 heavy (non-hydrogen) atoms. The first-order chi connectivity index (χ1) is 13.8. The Bertz CT molecular complexity index is 1020. The minimum absolute atomic E-state index is 0.0114. The second kappa shape index (κ2) is 8.65. The van der Waals surface area contributed by atoms with Gasteiger partial charge in [0.2, 0.25) is 15.9 Å². The van der Waals surface area contributed by atoms with Gasteiger partial charge in [-0.3, -0.25) is 9.52 Å². The van der Waals surface area contributed by atoms with Gasteiger partial charge in [-0.1, -0.05) is 24.3 Å². The van der Waals surface area contributed by atoms with E-state index in [2.05, 4.69) is 9.82 Å². The van der Waals surface area contributed by atoms with Crippen molar-refractivity contribution in [3.05, 3.63) is 59.7 Å². The first kappa shape index (κ1) is 20.9. The number of sulfonamides is 1. The fourth-order valence-corrected chi connectivity index (χ4v) is 3.83. The lowest BCUT2D eigenvalue weighted by atomic mass is 9.98. The topological polar surface area (TPSA) is 88.1 Å². The van der Waals surface area contributed by atoms with E-state index in [4.69, 9.17) is 4.74 Å². The normalized spacial score (nSPS) is 16.4. The Hall–Kier alpha value is -2.87. The van der Waals surface area contributed by atoms with Crippen molar-refractivity contribution in [3.63, 3.8) is 0 Å². The van der Waals surface area contributed by atoms with Gasteiger partial charge in [0.05, 0.1) is 24.1 Å². The highest BCUT2D eigenvalue weighted by molar-refractivity contribution is 7.92. The standard InChI is InChI=1S/C21H25N3O4S/c1-4-28-19-8-6-7-17(13-19)21-14-20(22-24(21)15(3)25)16-9-11-18(12-10-16)23-29(26,27)5-2/h6-13,21,23H,4-5,14H2,1-3H3. The molecule has 1 aliphatic heterocycles. The summed E-state index contributed by atoms with van der Waals surface area (Å²) >= 11 is 0. The summed E-state index contributed by atoms with van der Waals surface area (Å²) in [6, 6.07) is 14.5. The van der Waals surface area contributed by atoms with E-state index in [9.17, 15) is 13.2 Å². The number of amides is 1. The van der Waals surface area contributed by atoms with Gasteiger partial charge in [0.1, 0.15) is 5.75 Å². The van der Waals surface area contributed by atoms with Gasteiger partial charge >= 0.3 is 0 Å². The quantitative estimate of drug-likeness (QED) is 0.749. The largest absolute Gasteiger partial charge is 0.494 e. The van der Waals surface area contributed by atoms with Crippen LogP contribution in [0.25, 0.3) is 0 Å². The highest BCUT2D eigenvalue weighted by Crippen LogP contribution is 2.34. The maximum atomic E-state index is 12.2. The molecule has 0 fully saturated rings. The summed E-state index contributed by atoms with van der Waals surface area (Å²) in [5.41, 5.74) is 3.08. The van der Waals surface area contributed by atoms with E-state index in [0.29, 0.717) is 18.7 Å². The molecule has 8 heteroatoms. The van der Waals surface area contributed by atoms with Crippen LogP contribution in [-0.2, 0) is 14.8 Å². The first-order valence-electron chi connectivity index (χ1n) is 9.54. The van der Waals surface area contributed by atoms with Crippen molar-refractivity contribution in [2.45, 2.75) is 33.2 Å². The summed E-state index contributed by atoms with van der Waals surface area (Å²) in [7, 11) is -3.32. The van der Waals surface area contributed by atoms with Crippen molar-refractivity contribution in [2.75, 3.05) is 17.1 Å². The molecule has 0 saturated heterocycles. The van der Waals surface area contributed by atoms with Crippen LogP contribution in [0.5, 0.6) is 5.75 Å². The zero-order valence-electron chi connectivity index (χ0n) is 16.8. The molecule has 2 aromatic rings. The smallest absolute Gasteiger partial charge is 0.240 e. The van der Waals surface area contributed by atoms with Crippen LogP contribution < -0.4 is 9.46 Å². The molecule has 1 atom stereocenters. The average molecular weight is 416 g/mol. The summed E-state index contributed by atoms with van der Waals surface area (Å²) in [6.07, 6.45) is 0.565. The number of carbonyl (C=O) groups excluding carboxylic acids is 1. The van der Waals surface area contributed by atoms with Gasteiger partial charge in [0.25, 0.3) is 0 Å². The Morgan fingerprint density at radius 2 is 1.93 bits per heavy atom. The lowest BCUT2D eigenvalue weighted by Gasteiger charge is -2.21. The Balaban J connectivity index is 1.83. The number of benzene rings is 2. The fraction of sp³-hybridized carbons (Fsp3) is 0.333. The second-order valence-electron chi connectivity index (χ2n) is 6.72. The second-order valence-corrected chi connectivity index (χ2v) is 8.73. The SMILES string of the molecule is CCOc1cccc(C2CC(c3ccc(NS(=O)(=O)CC)cc3)=NN2C(C)=O)c1. The molecule has 1 unspecified atom stereocenters. The van der Waals surface area contributed by atoms with Crippen molar-refractivity contribution in [1.29, 1.82) is 0 Å². The maximum Gasteiger partial charge on any atom is 0.240 e. The molecule has 2 aromatic carbocycles. The van der Waals surface area contributed by atoms with E-state index in [1.807, 2.05) is 43.3 Å². The summed E-state index contributed by atoms with van der Waals surface area (Å²) in [4.78, 5) is 12.2. The van der Waals surface area contributed by atoms with Gasteiger partial charge < -0.3 is 4.74 Å². The number of carbonyl (C=O) groups is 1. The molecule has 1 aliphatic rings. The highest BCUT2D eigenvalue weighted by atomic mass is 32.2. The number of nitrogens with zero attached hydrogens (tertiary/aromatic N) is 2. The van der Waals surface area contributed by atoms with Crippen LogP contribution >= 0.6 is 0 Å². The van der Waals surface area contributed by atoms with Crippen LogP contribution in [0.3, 0.4) is 0 Å². The van der Waals surface area contributed by atoms with Crippen LogP contribution in [0.4, 0.5) is 5.69 Å². The average Bonchev–Trinajstić information content (AvgIpc) is 3.15. The molecule has 0 bridgehead atoms. The molecule has 154 valence electrons. The Morgan fingerprint density at radius 3 is 2.55 bits per heavy atom. The summed E-state index contributed by atoms with van der Waals surface area (Å²) < 4.78 is 31.5. The predicted octanol–water partition coefficient (Wildman–Crippen LogP) is 3.54. The summed E-state index contributed by atoms with van der Waals surface area (Å²) in [6.45, 7) is 5.57. The van der Waals surface area contributed by atoms with Gasteiger partial charge in [0, 0.05) is 19.0 Å². The first-order valence-corrected chi connectivity index (χ1v) is 11.2. The monoisotopic (exact) mass is 415 g/mol. The molecule has 0 aliphatic carbocycles. The number of hydrogen-bond donors (Lipinski definition) is 1. The zero-order chi connectivity index (χ0) is 21.0. The van der Waals surface area contributed by atoms with E-state index < -0.39 is 10.0 Å². The van der Waals surface area contributed by atoms with Crippen LogP contribution in [-0.4, -0.2) is 37.4 Å². The van der Waals surface area contributed by atoms with E-state index in [1.165, 1.54) is 11.9 Å². The predicted molar refractivity (Wildman–Crippen MR) is 114 cm³/mol. The fourth-order valence-electron chi connectivity index (χ4n) is 3.20. The van der Waals surface area contributed by atoms with Crippen molar-refractivity contribution < 1.29 is 17.9 Å². The molecular formula is C21H25N3O4S. The van der Waals surface area contributed by atoms with Crippen LogP contribution in [0, 0.1) is 0 Å². The van der Waals surface area contributed by atoms with Crippen LogP contribution in [0.15, 0.2) is 53.6 Å². The Labute approximate surface area is 171 Å². The molecule has 7 nitrogen and oxygen atoms in total. The molecule has 3 rings (SSSR count). The number of rotatable bonds is 7. The molecule has 1 amide bonds. The third-order valence-electron chi connectivity index (χ3n) is 4.66. The molecule has 1 N–H and O–H groups in total. The third-order valence-corrected chi connectivity index (χ3v) is 5.97. The van der Waals surface area contributed by atoms with Gasteiger partial charge in [0.15, 0.2) is 0 Å². The molecule has 0 spiro atoms. The Morgan fingerprint density at radius 1 is 1.21 bits per heavy atom. The molecule has 0 saturated carbocycles. The number of hydrogen-bond acceptors (Lipinski definition) is 5. The Kier molecular flexibility index (Phi) is 6.22.